The van der Waals surface area contributed by atoms with E-state index in [1.165, 1.54) is 23.5 Å². The Kier molecular flexibility index (Phi) is 5.18. The molecule has 0 aliphatic rings. The topological polar surface area (TPSA) is 58.4 Å². The van der Waals surface area contributed by atoms with Crippen molar-refractivity contribution in [2.75, 3.05) is 18.9 Å². The van der Waals surface area contributed by atoms with Gasteiger partial charge in [-0.2, -0.15) is 0 Å². The smallest absolute Gasteiger partial charge is 0.240 e. The minimum absolute atomic E-state index is 0.157. The average Bonchev–Trinajstić information content (AvgIpc) is 3.30. The molecule has 5 nitrogen and oxygen atoms in total. The van der Waals surface area contributed by atoms with Crippen LogP contribution in [0.4, 0.5) is 9.52 Å². The Labute approximate surface area is 165 Å². The number of benzene rings is 2. The van der Waals surface area contributed by atoms with Gasteiger partial charge in [0.15, 0.2) is 10.9 Å². The molecule has 4 rings (SSSR count). The predicted molar refractivity (Wildman–Crippen MR) is 109 cm³/mol. The number of nitrogens with zero attached hydrogens (tertiary/aromatic N) is 2. The number of halogens is 1. The maximum atomic E-state index is 13.0. The Balaban J connectivity index is 1.36. The molecule has 0 fully saturated rings. The lowest BCUT2D eigenvalue weighted by Gasteiger charge is -2.15. The molecule has 1 amide bonds. The maximum absolute atomic E-state index is 13.0. The van der Waals surface area contributed by atoms with Crippen LogP contribution < -0.4 is 5.32 Å². The lowest BCUT2D eigenvalue weighted by molar-refractivity contribution is -0.117. The zero-order valence-electron chi connectivity index (χ0n) is 15.2. The molecule has 2 aromatic carbocycles. The van der Waals surface area contributed by atoms with Crippen molar-refractivity contribution in [3.05, 3.63) is 71.4 Å². The SMILES string of the molecule is CN(CC(=O)Nc1nc(-c2cc3ccccc3o2)cs1)Cc1ccc(F)cc1. The van der Waals surface area contributed by atoms with Gasteiger partial charge in [-0.05, 0) is 36.9 Å². The quantitative estimate of drug-likeness (QED) is 0.511. The summed E-state index contributed by atoms with van der Waals surface area (Å²) in [7, 11) is 1.84. The van der Waals surface area contributed by atoms with Crippen molar-refractivity contribution in [2.24, 2.45) is 0 Å². The number of furan rings is 1. The van der Waals surface area contributed by atoms with Crippen LogP contribution in [-0.4, -0.2) is 29.4 Å². The van der Waals surface area contributed by atoms with Gasteiger partial charge in [0.1, 0.15) is 17.1 Å². The molecule has 7 heteroatoms. The largest absolute Gasteiger partial charge is 0.454 e. The number of carbonyl (C=O) groups excluding carboxylic acids is 1. The van der Waals surface area contributed by atoms with Crippen LogP contribution in [0, 0.1) is 5.82 Å². The van der Waals surface area contributed by atoms with Crippen LogP contribution in [0.3, 0.4) is 0 Å². The molecule has 0 saturated heterocycles. The summed E-state index contributed by atoms with van der Waals surface area (Å²) in [6, 6.07) is 16.0. The number of para-hydroxylation sites is 1. The number of hydrogen-bond donors (Lipinski definition) is 1. The van der Waals surface area contributed by atoms with Crippen LogP contribution in [0.25, 0.3) is 22.4 Å². The van der Waals surface area contributed by atoms with Gasteiger partial charge in [-0.3, -0.25) is 9.69 Å². The third-order valence-electron chi connectivity index (χ3n) is 4.21. The number of nitrogens with one attached hydrogen (secondary N) is 1. The predicted octanol–water partition coefficient (Wildman–Crippen LogP) is 4.77. The fourth-order valence-electron chi connectivity index (χ4n) is 2.91. The molecule has 28 heavy (non-hydrogen) atoms. The first kappa shape index (κ1) is 18.3. The highest BCUT2D eigenvalue weighted by atomic mass is 32.1. The van der Waals surface area contributed by atoms with E-state index in [2.05, 4.69) is 10.3 Å². The summed E-state index contributed by atoms with van der Waals surface area (Å²) in [5.74, 6) is 0.245. The Bertz CT molecular complexity index is 1070. The van der Waals surface area contributed by atoms with E-state index in [1.54, 1.807) is 12.1 Å². The normalized spacial score (nSPS) is 11.2. The molecular formula is C21H18FN3O2S. The second kappa shape index (κ2) is 7.92. The monoisotopic (exact) mass is 395 g/mol. The first-order valence-electron chi connectivity index (χ1n) is 8.74. The van der Waals surface area contributed by atoms with Gasteiger partial charge in [-0.15, -0.1) is 11.3 Å². The second-order valence-electron chi connectivity index (χ2n) is 6.53. The van der Waals surface area contributed by atoms with Crippen molar-refractivity contribution in [1.29, 1.82) is 0 Å². The van der Waals surface area contributed by atoms with E-state index in [-0.39, 0.29) is 18.3 Å². The number of amides is 1. The van der Waals surface area contributed by atoms with Gasteiger partial charge >= 0.3 is 0 Å². The lowest BCUT2D eigenvalue weighted by atomic mass is 10.2. The van der Waals surface area contributed by atoms with Crippen LogP contribution in [0.15, 0.2) is 64.4 Å². The molecule has 0 atom stereocenters. The van der Waals surface area contributed by atoms with Gasteiger partial charge in [0.2, 0.25) is 5.91 Å². The van der Waals surface area contributed by atoms with Crippen LogP contribution in [0.2, 0.25) is 0 Å². The van der Waals surface area contributed by atoms with Gasteiger partial charge in [0.05, 0.1) is 6.54 Å². The molecule has 0 aliphatic carbocycles. The molecule has 1 N–H and O–H groups in total. The zero-order chi connectivity index (χ0) is 19.5. The summed E-state index contributed by atoms with van der Waals surface area (Å²) in [6.07, 6.45) is 0. The van der Waals surface area contributed by atoms with Crippen LogP contribution in [0.1, 0.15) is 5.56 Å². The third-order valence-corrected chi connectivity index (χ3v) is 4.97. The number of aromatic nitrogens is 1. The molecule has 0 saturated carbocycles. The Hall–Kier alpha value is -3.03. The van der Waals surface area contributed by atoms with Crippen molar-refractivity contribution in [3.8, 4) is 11.5 Å². The highest BCUT2D eigenvalue weighted by Gasteiger charge is 2.13. The maximum Gasteiger partial charge on any atom is 0.240 e. The molecule has 142 valence electrons. The van der Waals surface area contributed by atoms with E-state index in [0.717, 1.165) is 16.5 Å². The minimum atomic E-state index is -0.270. The van der Waals surface area contributed by atoms with Crippen LogP contribution in [0.5, 0.6) is 0 Å². The molecule has 0 unspecified atom stereocenters. The highest BCUT2D eigenvalue weighted by Crippen LogP contribution is 2.30. The van der Waals surface area contributed by atoms with E-state index < -0.39 is 0 Å². The lowest BCUT2D eigenvalue weighted by Crippen LogP contribution is -2.29. The van der Waals surface area contributed by atoms with E-state index in [0.29, 0.717) is 23.1 Å². The molecule has 0 aliphatic heterocycles. The highest BCUT2D eigenvalue weighted by molar-refractivity contribution is 7.14. The molecule has 0 bridgehead atoms. The van der Waals surface area contributed by atoms with E-state index in [9.17, 15) is 9.18 Å². The summed E-state index contributed by atoms with van der Waals surface area (Å²) in [5.41, 5.74) is 2.44. The van der Waals surface area contributed by atoms with E-state index in [1.807, 2.05) is 47.7 Å². The molecule has 2 aromatic heterocycles. The standard InChI is InChI=1S/C21H18FN3O2S/c1-25(11-14-6-8-16(22)9-7-14)12-20(26)24-21-23-17(13-28-21)19-10-15-4-2-3-5-18(15)27-19/h2-10,13H,11-12H2,1H3,(H,23,24,26). The first-order chi connectivity index (χ1) is 13.6. The zero-order valence-corrected chi connectivity index (χ0v) is 16.0. The van der Waals surface area contributed by atoms with Crippen molar-refractivity contribution in [3.63, 3.8) is 0 Å². The minimum Gasteiger partial charge on any atom is -0.454 e. The number of rotatable bonds is 6. The number of anilines is 1. The Morgan fingerprint density at radius 2 is 2.00 bits per heavy atom. The summed E-state index contributed by atoms with van der Waals surface area (Å²) in [5, 5.41) is 6.21. The summed E-state index contributed by atoms with van der Waals surface area (Å²) in [6.45, 7) is 0.757. The third kappa shape index (κ3) is 4.27. The summed E-state index contributed by atoms with van der Waals surface area (Å²) in [4.78, 5) is 18.6. The second-order valence-corrected chi connectivity index (χ2v) is 7.39. The number of carbonyl (C=O) groups is 1. The average molecular weight is 395 g/mol. The van der Waals surface area contributed by atoms with Gasteiger partial charge in [0, 0.05) is 17.3 Å². The van der Waals surface area contributed by atoms with Crippen LogP contribution in [-0.2, 0) is 11.3 Å². The molecular weight excluding hydrogens is 377 g/mol. The van der Waals surface area contributed by atoms with Gasteiger partial charge in [-0.1, -0.05) is 30.3 Å². The van der Waals surface area contributed by atoms with Crippen LogP contribution >= 0.6 is 11.3 Å². The molecule has 0 spiro atoms. The Morgan fingerprint density at radius 1 is 1.21 bits per heavy atom. The number of likely N-dealkylation sites (N-methyl/N-ethyl adjacent to an activating group) is 1. The van der Waals surface area contributed by atoms with Crippen molar-refractivity contribution >= 4 is 33.3 Å². The van der Waals surface area contributed by atoms with Crippen molar-refractivity contribution in [1.82, 2.24) is 9.88 Å². The van der Waals surface area contributed by atoms with Crippen molar-refractivity contribution in [2.45, 2.75) is 6.54 Å². The Morgan fingerprint density at radius 3 is 2.79 bits per heavy atom. The molecule has 4 aromatic rings. The first-order valence-corrected chi connectivity index (χ1v) is 9.62. The van der Waals surface area contributed by atoms with Crippen molar-refractivity contribution < 1.29 is 13.6 Å². The van der Waals surface area contributed by atoms with Gasteiger partial charge in [-0.25, -0.2) is 9.37 Å². The van der Waals surface area contributed by atoms with E-state index >= 15 is 0 Å². The molecule has 2 heterocycles. The number of fused-ring (bicyclic) bond motifs is 1. The molecule has 0 radical (unpaired) electrons. The fourth-order valence-corrected chi connectivity index (χ4v) is 3.63. The fraction of sp³-hybridized carbons (Fsp3) is 0.143. The number of hydrogen-bond acceptors (Lipinski definition) is 5. The summed E-state index contributed by atoms with van der Waals surface area (Å²) < 4.78 is 18.8. The van der Waals surface area contributed by atoms with Gasteiger partial charge in [0.25, 0.3) is 0 Å². The van der Waals surface area contributed by atoms with Gasteiger partial charge < -0.3 is 9.73 Å². The summed E-state index contributed by atoms with van der Waals surface area (Å²) >= 11 is 1.35. The number of thiazole rings is 1. The van der Waals surface area contributed by atoms with E-state index in [4.69, 9.17) is 4.42 Å².